The van der Waals surface area contributed by atoms with Gasteiger partial charge in [0.1, 0.15) is 0 Å². The van der Waals surface area contributed by atoms with Crippen LogP contribution in [-0.4, -0.2) is 37.0 Å². The van der Waals surface area contributed by atoms with Crippen molar-refractivity contribution in [3.05, 3.63) is 35.9 Å². The average molecular weight is 286 g/mol. The lowest BCUT2D eigenvalue weighted by Crippen LogP contribution is -2.58. The van der Waals surface area contributed by atoms with Crippen LogP contribution in [0.5, 0.6) is 0 Å². The molecule has 0 saturated heterocycles. The highest BCUT2D eigenvalue weighted by Crippen LogP contribution is 2.49. The molecule has 0 aromatic heterocycles. The molecule has 2 atom stereocenters. The molecule has 21 heavy (non-hydrogen) atoms. The van der Waals surface area contributed by atoms with Gasteiger partial charge in [-0.2, -0.15) is 0 Å². The Morgan fingerprint density at radius 1 is 1.29 bits per heavy atom. The molecule has 0 spiro atoms. The average Bonchev–Trinajstić information content (AvgIpc) is 3.15. The van der Waals surface area contributed by atoms with Gasteiger partial charge in [-0.1, -0.05) is 30.3 Å². The molecule has 1 amide bonds. The summed E-state index contributed by atoms with van der Waals surface area (Å²) in [6.07, 6.45) is 5.35. The number of hydrogen-bond acceptors (Lipinski definition) is 2. The van der Waals surface area contributed by atoms with Crippen molar-refractivity contribution in [2.24, 2.45) is 5.92 Å². The number of rotatable bonds is 6. The highest BCUT2D eigenvalue weighted by atomic mass is 16.1. The normalized spacial score (nSPS) is 26.2. The Morgan fingerprint density at radius 3 is 2.57 bits per heavy atom. The van der Waals surface area contributed by atoms with Crippen LogP contribution in [0.4, 0.5) is 0 Å². The van der Waals surface area contributed by atoms with Gasteiger partial charge in [0.25, 0.3) is 0 Å². The van der Waals surface area contributed by atoms with Crippen molar-refractivity contribution in [1.29, 1.82) is 0 Å². The molecule has 0 bridgehead atoms. The van der Waals surface area contributed by atoms with Gasteiger partial charge in [-0.25, -0.2) is 0 Å². The fourth-order valence-corrected chi connectivity index (χ4v) is 3.70. The van der Waals surface area contributed by atoms with Gasteiger partial charge < -0.3 is 10.2 Å². The smallest absolute Gasteiger partial charge is 0.220 e. The number of carbonyl (C=O) groups excluding carboxylic acids is 1. The highest BCUT2D eigenvalue weighted by molar-refractivity contribution is 5.77. The summed E-state index contributed by atoms with van der Waals surface area (Å²) in [6.45, 7) is 0.964. The monoisotopic (exact) mass is 286 g/mol. The molecule has 1 aromatic rings. The van der Waals surface area contributed by atoms with Crippen LogP contribution in [0.1, 0.15) is 43.6 Å². The summed E-state index contributed by atoms with van der Waals surface area (Å²) in [5.41, 5.74) is 1.44. The fraction of sp³-hybridized carbons (Fsp3) is 0.611. The Kier molecular flexibility index (Phi) is 4.03. The summed E-state index contributed by atoms with van der Waals surface area (Å²) in [6, 6.07) is 10.6. The molecule has 1 aromatic carbocycles. The molecule has 3 heteroatoms. The van der Waals surface area contributed by atoms with Gasteiger partial charge in [0.15, 0.2) is 0 Å². The minimum Gasteiger partial charge on any atom is -0.349 e. The van der Waals surface area contributed by atoms with Crippen LogP contribution >= 0.6 is 0 Å². The molecule has 3 rings (SSSR count). The van der Waals surface area contributed by atoms with E-state index >= 15 is 0 Å². The van der Waals surface area contributed by atoms with Crippen molar-refractivity contribution in [1.82, 2.24) is 10.2 Å². The molecule has 114 valence electrons. The topological polar surface area (TPSA) is 32.3 Å². The third-order valence-electron chi connectivity index (χ3n) is 4.93. The van der Waals surface area contributed by atoms with Crippen molar-refractivity contribution in [2.75, 3.05) is 20.6 Å². The van der Waals surface area contributed by atoms with Gasteiger partial charge in [-0.15, -0.1) is 0 Å². The van der Waals surface area contributed by atoms with Crippen molar-refractivity contribution in [2.45, 2.75) is 43.6 Å². The number of nitrogens with zero attached hydrogens (tertiary/aromatic N) is 1. The summed E-state index contributed by atoms with van der Waals surface area (Å²) < 4.78 is 0. The van der Waals surface area contributed by atoms with E-state index in [4.69, 9.17) is 0 Å². The number of nitrogens with one attached hydrogen (secondary N) is 1. The van der Waals surface area contributed by atoms with E-state index in [0.29, 0.717) is 18.3 Å². The Bertz CT molecular complexity index is 493. The second-order valence-corrected chi connectivity index (χ2v) is 7.14. The highest BCUT2D eigenvalue weighted by Gasteiger charge is 2.42. The Labute approximate surface area is 127 Å². The minimum absolute atomic E-state index is 0.0533. The van der Waals surface area contributed by atoms with Crippen LogP contribution < -0.4 is 5.32 Å². The second-order valence-electron chi connectivity index (χ2n) is 7.14. The van der Waals surface area contributed by atoms with Gasteiger partial charge in [0, 0.05) is 13.0 Å². The second kappa shape index (κ2) is 5.80. The number of amides is 1. The van der Waals surface area contributed by atoms with Gasteiger partial charge in [0.05, 0.1) is 5.54 Å². The molecule has 0 radical (unpaired) electrons. The lowest BCUT2D eigenvalue weighted by Gasteiger charge is -2.44. The number of carbonyl (C=O) groups is 1. The molecular formula is C18H26N2O. The van der Waals surface area contributed by atoms with E-state index in [0.717, 1.165) is 25.8 Å². The number of hydrogen-bond donors (Lipinski definition) is 1. The molecule has 2 saturated carbocycles. The summed E-state index contributed by atoms with van der Waals surface area (Å²) in [5, 5.41) is 3.32. The van der Waals surface area contributed by atoms with Gasteiger partial charge >= 0.3 is 0 Å². The summed E-state index contributed by atoms with van der Waals surface area (Å²) in [5.74, 6) is 1.40. The Morgan fingerprint density at radius 2 is 2.00 bits per heavy atom. The van der Waals surface area contributed by atoms with Crippen LogP contribution in [0, 0.1) is 5.92 Å². The lowest BCUT2D eigenvalue weighted by molar-refractivity contribution is -0.124. The zero-order valence-corrected chi connectivity index (χ0v) is 13.1. The maximum absolute atomic E-state index is 12.3. The SMILES string of the molecule is CN(C)CC1(NC(=O)C[C@@H]2C[C@H]2c2ccccc2)CCC1. The zero-order chi connectivity index (χ0) is 14.9. The zero-order valence-electron chi connectivity index (χ0n) is 13.1. The first kappa shape index (κ1) is 14.6. The predicted molar refractivity (Wildman–Crippen MR) is 85.2 cm³/mol. The van der Waals surface area contributed by atoms with Gasteiger partial charge in [-0.05, 0) is 57.2 Å². The van der Waals surface area contributed by atoms with Crippen LogP contribution in [0.15, 0.2) is 30.3 Å². The Hall–Kier alpha value is -1.35. The van der Waals surface area contributed by atoms with Crippen LogP contribution in [0.3, 0.4) is 0 Å². The van der Waals surface area contributed by atoms with Crippen molar-refractivity contribution < 1.29 is 4.79 Å². The summed E-state index contributed by atoms with van der Waals surface area (Å²) in [4.78, 5) is 14.5. The predicted octanol–water partition coefficient (Wildman–Crippen LogP) is 2.78. The minimum atomic E-state index is 0.0533. The molecule has 2 aliphatic rings. The molecule has 0 unspecified atom stereocenters. The van der Waals surface area contributed by atoms with Crippen LogP contribution in [0.25, 0.3) is 0 Å². The maximum Gasteiger partial charge on any atom is 0.220 e. The first-order valence-corrected chi connectivity index (χ1v) is 8.09. The molecule has 3 nitrogen and oxygen atoms in total. The number of benzene rings is 1. The first-order chi connectivity index (χ1) is 10.1. The third-order valence-corrected chi connectivity index (χ3v) is 4.93. The van der Waals surface area contributed by atoms with Crippen LogP contribution in [0.2, 0.25) is 0 Å². The van der Waals surface area contributed by atoms with E-state index < -0.39 is 0 Å². The standard InChI is InChI=1S/C18H26N2O/c1-20(2)13-18(9-6-10-18)19-17(21)12-15-11-16(15)14-7-4-3-5-8-14/h3-5,7-8,15-16H,6,9-13H2,1-2H3,(H,19,21)/t15-,16-/m0/s1. The molecule has 2 fully saturated rings. The van der Waals surface area contributed by atoms with E-state index in [1.807, 2.05) is 0 Å². The molecule has 1 N–H and O–H groups in total. The van der Waals surface area contributed by atoms with E-state index in [-0.39, 0.29) is 11.4 Å². The molecular weight excluding hydrogens is 260 g/mol. The summed E-state index contributed by atoms with van der Waals surface area (Å²) >= 11 is 0. The molecule has 0 aliphatic heterocycles. The van der Waals surface area contributed by atoms with Crippen LogP contribution in [-0.2, 0) is 4.79 Å². The summed E-state index contributed by atoms with van der Waals surface area (Å²) in [7, 11) is 4.16. The first-order valence-electron chi connectivity index (χ1n) is 8.09. The van der Waals surface area contributed by atoms with E-state index in [2.05, 4.69) is 54.6 Å². The maximum atomic E-state index is 12.3. The quantitative estimate of drug-likeness (QED) is 0.872. The Balaban J connectivity index is 1.49. The fourth-order valence-electron chi connectivity index (χ4n) is 3.70. The lowest BCUT2D eigenvalue weighted by atomic mass is 9.76. The van der Waals surface area contributed by atoms with Gasteiger partial charge in [0.2, 0.25) is 5.91 Å². The largest absolute Gasteiger partial charge is 0.349 e. The molecule has 0 heterocycles. The van der Waals surface area contributed by atoms with Crippen molar-refractivity contribution >= 4 is 5.91 Å². The van der Waals surface area contributed by atoms with E-state index in [9.17, 15) is 4.79 Å². The van der Waals surface area contributed by atoms with E-state index in [1.165, 1.54) is 12.0 Å². The van der Waals surface area contributed by atoms with Crippen molar-refractivity contribution in [3.8, 4) is 0 Å². The third kappa shape index (κ3) is 3.46. The van der Waals surface area contributed by atoms with E-state index in [1.54, 1.807) is 0 Å². The van der Waals surface area contributed by atoms with Gasteiger partial charge in [-0.3, -0.25) is 4.79 Å². The van der Waals surface area contributed by atoms with Crippen molar-refractivity contribution in [3.63, 3.8) is 0 Å². The molecule has 2 aliphatic carbocycles. The number of likely N-dealkylation sites (N-methyl/N-ethyl adjacent to an activating group) is 1.